The second kappa shape index (κ2) is 7.54. The number of carbonyl (C=O) groups excluding carboxylic acids is 1. The lowest BCUT2D eigenvalue weighted by molar-refractivity contribution is 0.0853. The van der Waals surface area contributed by atoms with Gasteiger partial charge >= 0.3 is 0 Å². The summed E-state index contributed by atoms with van der Waals surface area (Å²) < 4.78 is 5.50. The summed E-state index contributed by atoms with van der Waals surface area (Å²) in [5, 5.41) is 6.24. The van der Waals surface area contributed by atoms with E-state index in [0.717, 1.165) is 32.3 Å². The van der Waals surface area contributed by atoms with E-state index in [-0.39, 0.29) is 12.0 Å². The second-order valence-electron chi connectivity index (χ2n) is 6.09. The fourth-order valence-electron chi connectivity index (χ4n) is 3.09. The van der Waals surface area contributed by atoms with Crippen LogP contribution in [0.25, 0.3) is 0 Å². The van der Waals surface area contributed by atoms with E-state index in [0.29, 0.717) is 24.2 Å². The molecule has 120 valence electrons. The number of nitrogens with one attached hydrogen (secondary N) is 2. The normalized spacial score (nSPS) is 22.5. The largest absolute Gasteiger partial charge is 0.376 e. The lowest BCUT2D eigenvalue weighted by atomic mass is 9.96. The van der Waals surface area contributed by atoms with Gasteiger partial charge in [0.25, 0.3) is 5.91 Å². The predicted octanol–water partition coefficient (Wildman–Crippen LogP) is 2.13. The number of hydrogen-bond donors (Lipinski definition) is 2. The summed E-state index contributed by atoms with van der Waals surface area (Å²) in [5.74, 6) is 0.390. The summed E-state index contributed by atoms with van der Waals surface area (Å²) in [4.78, 5) is 20.7. The molecule has 1 saturated carbocycles. The van der Waals surface area contributed by atoms with Gasteiger partial charge in [0, 0.05) is 25.4 Å². The van der Waals surface area contributed by atoms with Crippen LogP contribution in [-0.4, -0.2) is 41.2 Å². The quantitative estimate of drug-likeness (QED) is 0.871. The van der Waals surface area contributed by atoms with Crippen molar-refractivity contribution in [2.24, 2.45) is 0 Å². The van der Waals surface area contributed by atoms with Crippen LogP contribution in [0.5, 0.6) is 0 Å². The van der Waals surface area contributed by atoms with E-state index >= 15 is 0 Å². The predicted molar refractivity (Wildman–Crippen MR) is 83.8 cm³/mol. The highest BCUT2D eigenvalue weighted by atomic mass is 16.5. The maximum Gasteiger partial charge on any atom is 0.270 e. The first-order valence-electron chi connectivity index (χ1n) is 8.30. The van der Waals surface area contributed by atoms with Gasteiger partial charge in [-0.2, -0.15) is 0 Å². The molecule has 6 nitrogen and oxygen atoms in total. The van der Waals surface area contributed by atoms with Crippen LogP contribution in [0, 0.1) is 0 Å². The number of rotatable bonds is 5. The lowest BCUT2D eigenvalue weighted by Gasteiger charge is -2.22. The van der Waals surface area contributed by atoms with Crippen LogP contribution in [0.1, 0.15) is 55.4 Å². The standard InChI is InChI=1S/C16H24N4O2/c21-15(18-11-13-7-4-10-22-13)14-8-9-17-16(20-14)19-12-5-2-1-3-6-12/h8-9,12-13H,1-7,10-11H2,(H,18,21)(H,17,19,20). The van der Waals surface area contributed by atoms with Gasteiger partial charge in [-0.3, -0.25) is 4.79 Å². The SMILES string of the molecule is O=C(NCC1CCCO1)c1ccnc(NC2CCCCC2)n1. The van der Waals surface area contributed by atoms with Gasteiger partial charge in [0.15, 0.2) is 0 Å². The summed E-state index contributed by atoms with van der Waals surface area (Å²) in [6.45, 7) is 1.34. The van der Waals surface area contributed by atoms with Crippen LogP contribution < -0.4 is 10.6 Å². The van der Waals surface area contributed by atoms with E-state index < -0.39 is 0 Å². The molecule has 2 heterocycles. The minimum Gasteiger partial charge on any atom is -0.376 e. The van der Waals surface area contributed by atoms with Crippen LogP contribution in [-0.2, 0) is 4.74 Å². The molecule has 6 heteroatoms. The van der Waals surface area contributed by atoms with Crippen LogP contribution in [0.15, 0.2) is 12.3 Å². The Hall–Kier alpha value is -1.69. The Morgan fingerprint density at radius 3 is 2.86 bits per heavy atom. The van der Waals surface area contributed by atoms with Gasteiger partial charge in [0.2, 0.25) is 5.95 Å². The maximum atomic E-state index is 12.2. The minimum absolute atomic E-state index is 0.144. The smallest absolute Gasteiger partial charge is 0.270 e. The monoisotopic (exact) mass is 304 g/mol. The molecule has 2 N–H and O–H groups in total. The van der Waals surface area contributed by atoms with Gasteiger partial charge in [0.1, 0.15) is 5.69 Å². The summed E-state index contributed by atoms with van der Waals surface area (Å²) in [6, 6.07) is 2.08. The number of anilines is 1. The lowest BCUT2D eigenvalue weighted by Crippen LogP contribution is -2.32. The number of ether oxygens (including phenoxy) is 1. The molecule has 0 spiro atoms. The van der Waals surface area contributed by atoms with Crippen molar-refractivity contribution in [2.75, 3.05) is 18.5 Å². The first-order valence-corrected chi connectivity index (χ1v) is 8.30. The van der Waals surface area contributed by atoms with Gasteiger partial charge in [-0.1, -0.05) is 19.3 Å². The zero-order valence-electron chi connectivity index (χ0n) is 12.9. The van der Waals surface area contributed by atoms with E-state index in [1.54, 1.807) is 12.3 Å². The van der Waals surface area contributed by atoms with Crippen molar-refractivity contribution in [2.45, 2.75) is 57.1 Å². The molecule has 1 saturated heterocycles. The van der Waals surface area contributed by atoms with Crippen molar-refractivity contribution in [1.82, 2.24) is 15.3 Å². The number of hydrogen-bond acceptors (Lipinski definition) is 5. The molecular weight excluding hydrogens is 280 g/mol. The zero-order chi connectivity index (χ0) is 15.2. The van der Waals surface area contributed by atoms with Crippen molar-refractivity contribution in [3.05, 3.63) is 18.0 Å². The van der Waals surface area contributed by atoms with Crippen LogP contribution in [0.3, 0.4) is 0 Å². The molecule has 1 aromatic rings. The molecule has 1 amide bonds. The average Bonchev–Trinajstić information content (AvgIpc) is 3.07. The highest BCUT2D eigenvalue weighted by molar-refractivity contribution is 5.92. The third kappa shape index (κ3) is 4.16. The van der Waals surface area contributed by atoms with Gasteiger partial charge in [0.05, 0.1) is 6.10 Å². The molecular formula is C16H24N4O2. The van der Waals surface area contributed by atoms with Crippen molar-refractivity contribution in [1.29, 1.82) is 0 Å². The molecule has 2 fully saturated rings. The maximum absolute atomic E-state index is 12.2. The van der Waals surface area contributed by atoms with E-state index in [4.69, 9.17) is 4.74 Å². The average molecular weight is 304 g/mol. The van der Waals surface area contributed by atoms with Gasteiger partial charge in [-0.15, -0.1) is 0 Å². The molecule has 1 atom stereocenters. The van der Waals surface area contributed by atoms with E-state index in [9.17, 15) is 4.79 Å². The molecule has 1 aliphatic carbocycles. The van der Waals surface area contributed by atoms with Gasteiger partial charge in [-0.25, -0.2) is 9.97 Å². The Morgan fingerprint density at radius 2 is 2.09 bits per heavy atom. The van der Waals surface area contributed by atoms with Crippen LogP contribution >= 0.6 is 0 Å². The third-order valence-corrected chi connectivity index (χ3v) is 4.34. The van der Waals surface area contributed by atoms with Gasteiger partial charge in [-0.05, 0) is 31.7 Å². The Balaban J connectivity index is 1.53. The topological polar surface area (TPSA) is 76.1 Å². The molecule has 1 aromatic heterocycles. The summed E-state index contributed by atoms with van der Waals surface area (Å²) in [5.41, 5.74) is 0.409. The van der Waals surface area contributed by atoms with Crippen molar-refractivity contribution >= 4 is 11.9 Å². The zero-order valence-corrected chi connectivity index (χ0v) is 12.9. The van der Waals surface area contributed by atoms with Crippen molar-refractivity contribution < 1.29 is 9.53 Å². The van der Waals surface area contributed by atoms with E-state index in [2.05, 4.69) is 20.6 Å². The number of aromatic nitrogens is 2. The molecule has 0 bridgehead atoms. The fraction of sp³-hybridized carbons (Fsp3) is 0.688. The molecule has 2 aliphatic rings. The first-order chi connectivity index (χ1) is 10.8. The first kappa shape index (κ1) is 15.2. The Morgan fingerprint density at radius 1 is 1.23 bits per heavy atom. The fourth-order valence-corrected chi connectivity index (χ4v) is 3.09. The molecule has 3 rings (SSSR count). The summed E-state index contributed by atoms with van der Waals surface area (Å²) in [7, 11) is 0. The summed E-state index contributed by atoms with van der Waals surface area (Å²) >= 11 is 0. The molecule has 0 radical (unpaired) electrons. The van der Waals surface area contributed by atoms with Crippen LogP contribution in [0.2, 0.25) is 0 Å². The van der Waals surface area contributed by atoms with E-state index in [1.165, 1.54) is 19.3 Å². The highest BCUT2D eigenvalue weighted by Gasteiger charge is 2.18. The van der Waals surface area contributed by atoms with Crippen LogP contribution in [0.4, 0.5) is 5.95 Å². The molecule has 22 heavy (non-hydrogen) atoms. The third-order valence-electron chi connectivity index (χ3n) is 4.34. The van der Waals surface area contributed by atoms with Crippen molar-refractivity contribution in [3.63, 3.8) is 0 Å². The summed E-state index contributed by atoms with van der Waals surface area (Å²) in [6.07, 6.45) is 9.98. The number of carbonyl (C=O) groups is 1. The second-order valence-corrected chi connectivity index (χ2v) is 6.09. The van der Waals surface area contributed by atoms with Gasteiger partial charge < -0.3 is 15.4 Å². The number of nitrogens with zero attached hydrogens (tertiary/aromatic N) is 2. The van der Waals surface area contributed by atoms with E-state index in [1.807, 2.05) is 0 Å². The van der Waals surface area contributed by atoms with Crippen molar-refractivity contribution in [3.8, 4) is 0 Å². The highest BCUT2D eigenvalue weighted by Crippen LogP contribution is 2.20. The molecule has 1 aliphatic heterocycles. The minimum atomic E-state index is -0.162. The Kier molecular flexibility index (Phi) is 5.21. The Labute approximate surface area is 131 Å². The number of amides is 1. The molecule has 1 unspecified atom stereocenters. The Bertz CT molecular complexity index is 497. The molecule has 0 aromatic carbocycles.